The van der Waals surface area contributed by atoms with E-state index in [0.29, 0.717) is 41.6 Å². The monoisotopic (exact) mass is 371 g/mol. The molecule has 0 aliphatic heterocycles. The largest absolute Gasteiger partial charge is 0.332 e. The van der Waals surface area contributed by atoms with Crippen LogP contribution >= 0.6 is 0 Å². The first-order valence-corrected chi connectivity index (χ1v) is 9.07. The van der Waals surface area contributed by atoms with Gasteiger partial charge >= 0.3 is 0 Å². The van der Waals surface area contributed by atoms with Crippen LogP contribution in [-0.2, 0) is 13.0 Å². The topological polar surface area (TPSA) is 93.8 Å². The molecular formula is C20H17N7O. The Kier molecular flexibility index (Phi) is 3.75. The Balaban J connectivity index is 1.73. The molecule has 0 unspecified atom stereocenters. The van der Waals surface area contributed by atoms with Crippen LogP contribution in [-0.4, -0.2) is 34.1 Å². The maximum atomic E-state index is 13.0. The molecule has 0 bridgehead atoms. The van der Waals surface area contributed by atoms with Crippen molar-refractivity contribution >= 4 is 16.9 Å². The molecule has 8 nitrogen and oxygen atoms in total. The zero-order valence-electron chi connectivity index (χ0n) is 15.2. The number of nitrogens with one attached hydrogen (secondary N) is 1. The van der Waals surface area contributed by atoms with Gasteiger partial charge in [-0.05, 0) is 24.6 Å². The van der Waals surface area contributed by atoms with E-state index >= 15 is 0 Å². The number of fused-ring (bicyclic) bond motifs is 3. The molecule has 4 heterocycles. The van der Waals surface area contributed by atoms with E-state index in [0.717, 1.165) is 11.1 Å². The average Bonchev–Trinajstić information content (AvgIpc) is 3.35. The minimum Gasteiger partial charge on any atom is -0.332 e. The van der Waals surface area contributed by atoms with E-state index in [1.807, 2.05) is 49.4 Å². The third-order valence-corrected chi connectivity index (χ3v) is 4.68. The lowest BCUT2D eigenvalue weighted by Crippen LogP contribution is -2.22. The summed E-state index contributed by atoms with van der Waals surface area (Å²) in [4.78, 5) is 29.5. The van der Waals surface area contributed by atoms with Crippen LogP contribution in [0.5, 0.6) is 0 Å². The van der Waals surface area contributed by atoms with E-state index < -0.39 is 0 Å². The fourth-order valence-corrected chi connectivity index (χ4v) is 3.33. The second-order valence-corrected chi connectivity index (χ2v) is 6.48. The van der Waals surface area contributed by atoms with Crippen LogP contribution in [0.15, 0.2) is 59.7 Å². The zero-order chi connectivity index (χ0) is 19.1. The number of hydrogen-bond donors (Lipinski definition) is 1. The van der Waals surface area contributed by atoms with Crippen molar-refractivity contribution in [2.75, 3.05) is 0 Å². The normalized spacial score (nSPS) is 11.5. The number of pyridine rings is 1. The molecule has 0 amide bonds. The van der Waals surface area contributed by atoms with E-state index in [9.17, 15) is 4.79 Å². The van der Waals surface area contributed by atoms with Crippen LogP contribution < -0.4 is 5.56 Å². The first kappa shape index (κ1) is 16.4. The number of aromatic nitrogens is 7. The fraction of sp³-hybridized carbons (Fsp3) is 0.150. The van der Waals surface area contributed by atoms with Gasteiger partial charge in [-0.25, -0.2) is 4.98 Å². The molecule has 0 saturated carbocycles. The van der Waals surface area contributed by atoms with Crippen LogP contribution in [0.25, 0.3) is 28.3 Å². The number of hydrogen-bond acceptors (Lipinski definition) is 5. The Morgan fingerprint density at radius 2 is 1.93 bits per heavy atom. The van der Waals surface area contributed by atoms with Gasteiger partial charge in [-0.15, -0.1) is 5.10 Å². The maximum Gasteiger partial charge on any atom is 0.281 e. The molecule has 28 heavy (non-hydrogen) atoms. The van der Waals surface area contributed by atoms with E-state index in [4.69, 9.17) is 0 Å². The lowest BCUT2D eigenvalue weighted by Gasteiger charge is -2.02. The van der Waals surface area contributed by atoms with Crippen LogP contribution in [0.3, 0.4) is 0 Å². The van der Waals surface area contributed by atoms with Gasteiger partial charge in [-0.3, -0.25) is 14.3 Å². The van der Waals surface area contributed by atoms with Crippen molar-refractivity contribution in [3.05, 3.63) is 76.6 Å². The Morgan fingerprint density at radius 1 is 1.07 bits per heavy atom. The van der Waals surface area contributed by atoms with Gasteiger partial charge in [0, 0.05) is 30.9 Å². The number of benzene rings is 1. The van der Waals surface area contributed by atoms with Gasteiger partial charge in [0.2, 0.25) is 5.78 Å². The smallest absolute Gasteiger partial charge is 0.281 e. The lowest BCUT2D eigenvalue weighted by molar-refractivity contribution is 0.727. The molecule has 1 N–H and O–H groups in total. The highest BCUT2D eigenvalue weighted by atomic mass is 16.1. The van der Waals surface area contributed by atoms with Crippen molar-refractivity contribution in [3.8, 4) is 11.4 Å². The molecule has 0 saturated heterocycles. The predicted octanol–water partition coefficient (Wildman–Crippen LogP) is 2.44. The van der Waals surface area contributed by atoms with E-state index in [2.05, 4.69) is 25.0 Å². The molecule has 5 rings (SSSR count). The highest BCUT2D eigenvalue weighted by Crippen LogP contribution is 2.19. The number of imidazole rings is 1. The van der Waals surface area contributed by atoms with Crippen LogP contribution in [0.1, 0.15) is 18.3 Å². The summed E-state index contributed by atoms with van der Waals surface area (Å²) in [5.41, 5.74) is 2.63. The quantitative estimate of drug-likeness (QED) is 0.524. The molecule has 5 aromatic rings. The minimum absolute atomic E-state index is 0.161. The van der Waals surface area contributed by atoms with Gasteiger partial charge < -0.3 is 4.98 Å². The molecule has 0 aliphatic carbocycles. The van der Waals surface area contributed by atoms with Crippen molar-refractivity contribution < 1.29 is 0 Å². The zero-order valence-corrected chi connectivity index (χ0v) is 15.2. The van der Waals surface area contributed by atoms with Gasteiger partial charge in [0.1, 0.15) is 5.82 Å². The average molecular weight is 371 g/mol. The number of aryl methyl sites for hydroxylation is 1. The van der Waals surface area contributed by atoms with Gasteiger partial charge in [0.25, 0.3) is 5.56 Å². The third kappa shape index (κ3) is 2.58. The van der Waals surface area contributed by atoms with Gasteiger partial charge in [-0.2, -0.15) is 9.50 Å². The summed E-state index contributed by atoms with van der Waals surface area (Å²) in [7, 11) is 0. The van der Waals surface area contributed by atoms with Gasteiger partial charge in [0.15, 0.2) is 17.0 Å². The second kappa shape index (κ2) is 6.41. The van der Waals surface area contributed by atoms with Crippen LogP contribution in [0, 0.1) is 0 Å². The molecule has 0 radical (unpaired) electrons. The molecule has 138 valence electrons. The number of rotatable bonds is 4. The number of H-pyrrole nitrogens is 1. The van der Waals surface area contributed by atoms with Gasteiger partial charge in [-0.1, -0.05) is 30.3 Å². The third-order valence-electron chi connectivity index (χ3n) is 4.68. The summed E-state index contributed by atoms with van der Waals surface area (Å²) in [6.45, 7) is 2.40. The molecule has 8 heteroatoms. The highest BCUT2D eigenvalue weighted by Gasteiger charge is 2.18. The van der Waals surface area contributed by atoms with Crippen LogP contribution in [0.2, 0.25) is 0 Å². The molecule has 0 aliphatic rings. The first-order chi connectivity index (χ1) is 13.7. The number of aromatic amines is 1. The van der Waals surface area contributed by atoms with Crippen molar-refractivity contribution in [1.29, 1.82) is 0 Å². The Labute approximate surface area is 159 Å². The molecule has 1 aromatic carbocycles. The highest BCUT2D eigenvalue weighted by molar-refractivity contribution is 5.77. The van der Waals surface area contributed by atoms with Crippen molar-refractivity contribution in [1.82, 2.24) is 34.1 Å². The standard InChI is InChI=1S/C20H17N7O/c1-2-26-19(28)16-18(24-17(23-16)14-9-6-10-21-12-14)27-20(26)22-15(25-27)11-13-7-4-3-5-8-13/h3-10,12H,2,11H2,1H3,(H,23,24). The fourth-order valence-electron chi connectivity index (χ4n) is 3.33. The molecule has 0 fully saturated rings. The molecule has 0 atom stereocenters. The van der Waals surface area contributed by atoms with E-state index in [-0.39, 0.29) is 5.56 Å². The Morgan fingerprint density at radius 3 is 2.68 bits per heavy atom. The first-order valence-electron chi connectivity index (χ1n) is 9.07. The second-order valence-electron chi connectivity index (χ2n) is 6.48. The van der Waals surface area contributed by atoms with Crippen LogP contribution in [0.4, 0.5) is 0 Å². The summed E-state index contributed by atoms with van der Waals surface area (Å²) in [5.74, 6) is 1.72. The predicted molar refractivity (Wildman–Crippen MR) is 105 cm³/mol. The SMILES string of the molecule is CCn1c(=O)c2[nH]c(-c3cccnc3)nc2n2nc(Cc3ccccc3)nc12. The summed E-state index contributed by atoms with van der Waals surface area (Å²) in [6, 6.07) is 13.7. The number of nitrogens with zero attached hydrogens (tertiary/aromatic N) is 6. The summed E-state index contributed by atoms with van der Waals surface area (Å²) < 4.78 is 3.25. The molecule has 4 aromatic heterocycles. The summed E-state index contributed by atoms with van der Waals surface area (Å²) in [6.07, 6.45) is 3.99. The lowest BCUT2D eigenvalue weighted by atomic mass is 10.1. The maximum absolute atomic E-state index is 13.0. The molecule has 0 spiro atoms. The Bertz CT molecular complexity index is 1330. The van der Waals surface area contributed by atoms with Crippen molar-refractivity contribution in [2.24, 2.45) is 0 Å². The summed E-state index contributed by atoms with van der Waals surface area (Å²) >= 11 is 0. The van der Waals surface area contributed by atoms with Crippen molar-refractivity contribution in [2.45, 2.75) is 19.9 Å². The molecular weight excluding hydrogens is 354 g/mol. The van der Waals surface area contributed by atoms with E-state index in [1.165, 1.54) is 0 Å². The minimum atomic E-state index is -0.161. The Hall–Kier alpha value is -3.81. The van der Waals surface area contributed by atoms with Crippen molar-refractivity contribution in [3.63, 3.8) is 0 Å². The summed E-state index contributed by atoms with van der Waals surface area (Å²) in [5, 5.41) is 4.64. The van der Waals surface area contributed by atoms with E-state index in [1.54, 1.807) is 21.5 Å². The van der Waals surface area contributed by atoms with Gasteiger partial charge in [0.05, 0.1) is 0 Å².